The molecule has 1 aromatic heterocycles. The van der Waals surface area contributed by atoms with Crippen LogP contribution in [0.4, 0.5) is 23.7 Å². The van der Waals surface area contributed by atoms with Crippen LogP contribution in [-0.4, -0.2) is 47.6 Å². The van der Waals surface area contributed by atoms with Gasteiger partial charge in [-0.25, -0.2) is 18.0 Å². The van der Waals surface area contributed by atoms with Crippen molar-refractivity contribution in [1.82, 2.24) is 9.88 Å². The number of nitrogens with zero attached hydrogens (tertiary/aromatic N) is 2. The van der Waals surface area contributed by atoms with Crippen molar-refractivity contribution in [2.75, 3.05) is 25.5 Å². The first kappa shape index (κ1) is 30.3. The number of pyridine rings is 1. The predicted molar refractivity (Wildman–Crippen MR) is 151 cm³/mol. The van der Waals surface area contributed by atoms with Crippen LogP contribution in [0.3, 0.4) is 0 Å². The molecule has 4 rings (SSSR count). The summed E-state index contributed by atoms with van der Waals surface area (Å²) in [7, 11) is 1.58. The highest BCUT2D eigenvalue weighted by atomic mass is 19.3. The molecule has 1 N–H and O–H groups in total. The second kappa shape index (κ2) is 11.7. The van der Waals surface area contributed by atoms with Crippen LogP contribution < -0.4 is 5.32 Å². The molecule has 0 saturated carbocycles. The van der Waals surface area contributed by atoms with Gasteiger partial charge in [-0.2, -0.15) is 0 Å². The summed E-state index contributed by atoms with van der Waals surface area (Å²) in [5, 5.41) is 3.90. The third-order valence-corrected chi connectivity index (χ3v) is 7.50. The quantitative estimate of drug-likeness (QED) is 0.295. The van der Waals surface area contributed by atoms with Gasteiger partial charge in [0.05, 0.1) is 22.7 Å². The number of methoxy groups -OCH3 is 1. The van der Waals surface area contributed by atoms with Gasteiger partial charge in [0.25, 0.3) is 6.43 Å². The largest absolute Gasteiger partial charge is 0.444 e. The zero-order chi connectivity index (χ0) is 30.1. The first-order valence-corrected chi connectivity index (χ1v) is 13.6. The van der Waals surface area contributed by atoms with Gasteiger partial charge in [-0.15, -0.1) is 0 Å². The highest BCUT2D eigenvalue weighted by Crippen LogP contribution is 2.41. The van der Waals surface area contributed by atoms with Crippen LogP contribution in [0.1, 0.15) is 87.0 Å². The van der Waals surface area contributed by atoms with Crippen LogP contribution in [0.2, 0.25) is 0 Å². The Morgan fingerprint density at radius 3 is 2.34 bits per heavy atom. The number of fused-ring (bicyclic) bond motifs is 1. The van der Waals surface area contributed by atoms with Gasteiger partial charge >= 0.3 is 6.09 Å². The van der Waals surface area contributed by atoms with Gasteiger partial charge in [-0.3, -0.25) is 9.78 Å². The Morgan fingerprint density at radius 2 is 1.76 bits per heavy atom. The topological polar surface area (TPSA) is 80.8 Å². The van der Waals surface area contributed by atoms with Crippen LogP contribution in [-0.2, 0) is 15.1 Å². The Hall–Kier alpha value is -3.66. The van der Waals surface area contributed by atoms with E-state index in [2.05, 4.69) is 10.3 Å². The van der Waals surface area contributed by atoms with E-state index in [9.17, 15) is 22.8 Å². The Bertz CT molecular complexity index is 1450. The van der Waals surface area contributed by atoms with E-state index in [1.54, 1.807) is 37.3 Å². The summed E-state index contributed by atoms with van der Waals surface area (Å²) in [5.74, 6) is -1.11. The predicted octanol–water partition coefficient (Wildman–Crippen LogP) is 7.56. The SMILES string of the molecule is COC1(c2cc3c(N[C@H](C)c4cccc(C(F)F)c4F)ccnc3cc2C(C)=O)CCN(C(=O)OC(C)(C)C)CC1. The van der Waals surface area contributed by atoms with Gasteiger partial charge in [0.2, 0.25) is 0 Å². The van der Waals surface area contributed by atoms with E-state index in [0.29, 0.717) is 53.6 Å². The molecule has 1 amide bonds. The molecular weight excluding hydrogens is 535 g/mol. The lowest BCUT2D eigenvalue weighted by atomic mass is 9.80. The van der Waals surface area contributed by atoms with E-state index in [-0.39, 0.29) is 11.3 Å². The zero-order valence-corrected chi connectivity index (χ0v) is 24.2. The molecule has 0 aliphatic carbocycles. The maximum absolute atomic E-state index is 14.9. The smallest absolute Gasteiger partial charge is 0.410 e. The summed E-state index contributed by atoms with van der Waals surface area (Å²) in [6, 6.07) is 8.59. The third kappa shape index (κ3) is 6.32. The number of alkyl halides is 2. The van der Waals surface area contributed by atoms with Crippen LogP contribution in [0, 0.1) is 5.82 Å². The molecule has 1 aliphatic heterocycles. The number of ether oxygens (including phenoxy) is 2. The summed E-state index contributed by atoms with van der Waals surface area (Å²) >= 11 is 0. The number of amides is 1. The van der Waals surface area contributed by atoms with Crippen LogP contribution in [0.25, 0.3) is 10.9 Å². The van der Waals surface area contributed by atoms with E-state index in [4.69, 9.17) is 9.47 Å². The van der Waals surface area contributed by atoms with E-state index in [1.165, 1.54) is 19.1 Å². The molecule has 1 atom stereocenters. The van der Waals surface area contributed by atoms with Gasteiger partial charge in [0.1, 0.15) is 11.4 Å². The average Bonchev–Trinajstić information content (AvgIpc) is 2.91. The Balaban J connectivity index is 1.72. The summed E-state index contributed by atoms with van der Waals surface area (Å²) in [6.45, 7) is 9.34. The fraction of sp³-hybridized carbons (Fsp3) is 0.452. The molecule has 2 aromatic carbocycles. The monoisotopic (exact) mass is 571 g/mol. The maximum Gasteiger partial charge on any atom is 0.410 e. The molecule has 2 heterocycles. The minimum absolute atomic E-state index is 0.108. The number of carbonyl (C=O) groups is 2. The molecule has 220 valence electrons. The van der Waals surface area contributed by atoms with Gasteiger partial charge in [0, 0.05) is 48.6 Å². The van der Waals surface area contributed by atoms with Gasteiger partial charge < -0.3 is 19.7 Å². The molecular formula is C31H36F3N3O4. The zero-order valence-electron chi connectivity index (χ0n) is 24.2. The first-order chi connectivity index (χ1) is 19.3. The number of anilines is 1. The molecule has 1 saturated heterocycles. The highest BCUT2D eigenvalue weighted by molar-refractivity contribution is 6.02. The van der Waals surface area contributed by atoms with Crippen LogP contribution >= 0.6 is 0 Å². The summed E-state index contributed by atoms with van der Waals surface area (Å²) < 4.78 is 53.1. The van der Waals surface area contributed by atoms with Crippen molar-refractivity contribution in [2.45, 2.75) is 71.1 Å². The Morgan fingerprint density at radius 1 is 1.10 bits per heavy atom. The van der Waals surface area contributed by atoms with Crippen molar-refractivity contribution in [1.29, 1.82) is 0 Å². The number of carbonyl (C=O) groups excluding carboxylic acids is 2. The lowest BCUT2D eigenvalue weighted by Gasteiger charge is -2.42. The minimum atomic E-state index is -2.93. The van der Waals surface area contributed by atoms with E-state index >= 15 is 0 Å². The summed E-state index contributed by atoms with van der Waals surface area (Å²) in [5.41, 5.74) is 0.236. The number of halogens is 3. The minimum Gasteiger partial charge on any atom is -0.444 e. The summed E-state index contributed by atoms with van der Waals surface area (Å²) in [6.07, 6.45) is -0.902. The fourth-order valence-corrected chi connectivity index (χ4v) is 5.33. The molecule has 0 radical (unpaired) electrons. The van der Waals surface area contributed by atoms with E-state index in [0.717, 1.165) is 6.07 Å². The summed E-state index contributed by atoms with van der Waals surface area (Å²) in [4.78, 5) is 31.6. The van der Waals surface area contributed by atoms with E-state index < -0.39 is 41.1 Å². The second-order valence-corrected chi connectivity index (χ2v) is 11.4. The third-order valence-electron chi connectivity index (χ3n) is 7.50. The second-order valence-electron chi connectivity index (χ2n) is 11.4. The standard InChI is InChI=1S/C31H36F3N3O4/c1-18(20-8-7-9-21(27(20)32)28(33)34)36-25-10-13-35-26-17-22(19(2)38)24(16-23(25)26)31(40-6)11-14-37(15-12-31)29(39)41-30(3,4)5/h7-10,13,16-18,28H,11-12,14-15H2,1-6H3,(H,35,36)/t18-/m1/s1. The lowest BCUT2D eigenvalue weighted by molar-refractivity contribution is -0.0653. The number of aromatic nitrogens is 1. The number of hydrogen-bond donors (Lipinski definition) is 1. The van der Waals surface area contributed by atoms with Crippen molar-refractivity contribution in [2.24, 2.45) is 0 Å². The normalized spacial score (nSPS) is 16.1. The number of hydrogen-bond acceptors (Lipinski definition) is 6. The Kier molecular flexibility index (Phi) is 8.63. The molecule has 10 heteroatoms. The maximum atomic E-state index is 14.9. The molecule has 0 bridgehead atoms. The van der Waals surface area contributed by atoms with Crippen molar-refractivity contribution >= 4 is 28.5 Å². The number of nitrogens with one attached hydrogen (secondary N) is 1. The number of ketones is 1. The number of Topliss-reactive ketones (excluding diaryl/α,β-unsaturated/α-hetero) is 1. The van der Waals surface area contributed by atoms with Crippen molar-refractivity contribution < 1.29 is 32.2 Å². The lowest BCUT2D eigenvalue weighted by Crippen LogP contribution is -2.48. The number of rotatable bonds is 7. The number of likely N-dealkylation sites (tertiary alicyclic amines) is 1. The van der Waals surface area contributed by atoms with Crippen LogP contribution in [0.15, 0.2) is 42.6 Å². The van der Waals surface area contributed by atoms with Gasteiger partial charge in [-0.05, 0) is 71.2 Å². The van der Waals surface area contributed by atoms with Crippen molar-refractivity contribution in [3.05, 3.63) is 70.7 Å². The first-order valence-electron chi connectivity index (χ1n) is 13.6. The fourth-order valence-electron chi connectivity index (χ4n) is 5.33. The van der Waals surface area contributed by atoms with Gasteiger partial charge in [-0.1, -0.05) is 18.2 Å². The molecule has 3 aromatic rings. The average molecular weight is 572 g/mol. The Labute approximate surface area is 238 Å². The number of piperidine rings is 1. The highest BCUT2D eigenvalue weighted by Gasteiger charge is 2.41. The molecule has 1 fully saturated rings. The van der Waals surface area contributed by atoms with Crippen molar-refractivity contribution in [3.8, 4) is 0 Å². The molecule has 1 aliphatic rings. The van der Waals surface area contributed by atoms with E-state index in [1.807, 2.05) is 26.8 Å². The number of benzene rings is 2. The molecule has 0 unspecified atom stereocenters. The van der Waals surface area contributed by atoms with Gasteiger partial charge in [0.15, 0.2) is 5.78 Å². The van der Waals surface area contributed by atoms with Crippen molar-refractivity contribution in [3.63, 3.8) is 0 Å². The van der Waals surface area contributed by atoms with Crippen LogP contribution in [0.5, 0.6) is 0 Å². The molecule has 7 nitrogen and oxygen atoms in total. The molecule has 0 spiro atoms. The molecule has 41 heavy (non-hydrogen) atoms.